The second kappa shape index (κ2) is 6.30. The standard InChI is InChI=1S/C19H23NO4/c1-13-8-10-20(11-9-13)15-6-4-14(5-7-15)12-16-17(21)23-19(2,3)24-18(16)22/h4-7,12-13H,8-11H2,1-3H3. The third-order valence-corrected chi connectivity index (χ3v) is 4.47. The molecule has 2 saturated heterocycles. The van der Waals surface area contributed by atoms with E-state index >= 15 is 0 Å². The predicted molar refractivity (Wildman–Crippen MR) is 91.3 cm³/mol. The monoisotopic (exact) mass is 329 g/mol. The summed E-state index contributed by atoms with van der Waals surface area (Å²) >= 11 is 0. The van der Waals surface area contributed by atoms with E-state index < -0.39 is 17.7 Å². The molecule has 0 aliphatic carbocycles. The van der Waals surface area contributed by atoms with Gasteiger partial charge in [0, 0.05) is 32.6 Å². The third-order valence-electron chi connectivity index (χ3n) is 4.47. The summed E-state index contributed by atoms with van der Waals surface area (Å²) in [6.07, 6.45) is 3.93. The molecule has 2 aliphatic rings. The lowest BCUT2D eigenvalue weighted by Gasteiger charge is -2.32. The molecule has 0 radical (unpaired) electrons. The molecule has 0 spiro atoms. The lowest BCUT2D eigenvalue weighted by molar-refractivity contribution is -0.222. The van der Waals surface area contributed by atoms with Gasteiger partial charge in [-0.05, 0) is 42.5 Å². The van der Waals surface area contributed by atoms with Gasteiger partial charge >= 0.3 is 11.9 Å². The van der Waals surface area contributed by atoms with E-state index in [2.05, 4.69) is 11.8 Å². The molecule has 0 N–H and O–H groups in total. The van der Waals surface area contributed by atoms with Crippen LogP contribution in [0, 0.1) is 5.92 Å². The maximum absolute atomic E-state index is 12.0. The molecule has 0 atom stereocenters. The Hall–Kier alpha value is -2.30. The minimum Gasteiger partial charge on any atom is -0.419 e. The number of esters is 2. The number of hydrogen-bond donors (Lipinski definition) is 0. The molecule has 2 aliphatic heterocycles. The number of anilines is 1. The van der Waals surface area contributed by atoms with Crippen LogP contribution in [0.3, 0.4) is 0 Å². The quantitative estimate of drug-likeness (QED) is 0.474. The van der Waals surface area contributed by atoms with Gasteiger partial charge in [0.25, 0.3) is 5.79 Å². The van der Waals surface area contributed by atoms with Crippen molar-refractivity contribution in [2.45, 2.75) is 39.4 Å². The number of hydrogen-bond acceptors (Lipinski definition) is 5. The van der Waals surface area contributed by atoms with Gasteiger partial charge in [-0.25, -0.2) is 9.59 Å². The molecular weight excluding hydrogens is 306 g/mol. The normalized spacial score (nSPS) is 21.3. The minimum absolute atomic E-state index is 0.0751. The van der Waals surface area contributed by atoms with Crippen LogP contribution in [0.2, 0.25) is 0 Å². The molecule has 1 aromatic rings. The molecule has 2 heterocycles. The number of cyclic esters (lactones) is 2. The molecule has 0 unspecified atom stereocenters. The van der Waals surface area contributed by atoms with Crippen LogP contribution >= 0.6 is 0 Å². The van der Waals surface area contributed by atoms with Crippen molar-refractivity contribution in [3.8, 4) is 0 Å². The molecule has 0 bridgehead atoms. The van der Waals surface area contributed by atoms with E-state index in [0.29, 0.717) is 0 Å². The summed E-state index contributed by atoms with van der Waals surface area (Å²) < 4.78 is 10.2. The largest absolute Gasteiger partial charge is 0.419 e. The fraction of sp³-hybridized carbons (Fsp3) is 0.474. The van der Waals surface area contributed by atoms with Crippen LogP contribution in [-0.4, -0.2) is 30.8 Å². The summed E-state index contributed by atoms with van der Waals surface area (Å²) in [4.78, 5) is 26.3. The molecule has 5 heteroatoms. The van der Waals surface area contributed by atoms with Crippen LogP contribution in [-0.2, 0) is 19.1 Å². The lowest BCUT2D eigenvalue weighted by atomic mass is 9.98. The molecule has 0 aromatic heterocycles. The van der Waals surface area contributed by atoms with Crippen molar-refractivity contribution < 1.29 is 19.1 Å². The summed E-state index contributed by atoms with van der Waals surface area (Å²) in [5, 5.41) is 0. The Morgan fingerprint density at radius 3 is 2.12 bits per heavy atom. The fourth-order valence-electron chi connectivity index (χ4n) is 2.99. The average Bonchev–Trinajstić information content (AvgIpc) is 2.51. The molecule has 0 saturated carbocycles. The highest BCUT2D eigenvalue weighted by Gasteiger charge is 2.38. The van der Waals surface area contributed by atoms with Crippen molar-refractivity contribution in [2.24, 2.45) is 5.92 Å². The molecule has 5 nitrogen and oxygen atoms in total. The van der Waals surface area contributed by atoms with Crippen molar-refractivity contribution >= 4 is 23.7 Å². The first-order valence-electron chi connectivity index (χ1n) is 8.37. The van der Waals surface area contributed by atoms with Gasteiger partial charge in [0.05, 0.1) is 0 Å². The van der Waals surface area contributed by atoms with E-state index in [9.17, 15) is 9.59 Å². The van der Waals surface area contributed by atoms with Crippen molar-refractivity contribution in [1.82, 2.24) is 0 Å². The molecule has 128 valence electrons. The predicted octanol–water partition coefficient (Wildman–Crippen LogP) is 3.14. The molecular formula is C19H23NO4. The molecule has 1 aromatic carbocycles. The molecule has 3 rings (SSSR count). The second-order valence-corrected chi connectivity index (χ2v) is 7.00. The van der Waals surface area contributed by atoms with Gasteiger partial charge in [0.15, 0.2) is 0 Å². The van der Waals surface area contributed by atoms with Crippen LogP contribution in [0.1, 0.15) is 39.2 Å². The van der Waals surface area contributed by atoms with Crippen LogP contribution < -0.4 is 4.90 Å². The van der Waals surface area contributed by atoms with Gasteiger partial charge in [-0.15, -0.1) is 0 Å². The van der Waals surface area contributed by atoms with Gasteiger partial charge in [0.2, 0.25) is 0 Å². The Labute approximate surface area is 142 Å². The smallest absolute Gasteiger partial charge is 0.348 e. The number of benzene rings is 1. The van der Waals surface area contributed by atoms with E-state index in [1.54, 1.807) is 0 Å². The first kappa shape index (κ1) is 16.6. The van der Waals surface area contributed by atoms with Crippen molar-refractivity contribution in [3.05, 3.63) is 35.4 Å². The number of carbonyl (C=O) groups is 2. The van der Waals surface area contributed by atoms with Gasteiger partial charge in [0.1, 0.15) is 5.57 Å². The minimum atomic E-state index is -1.21. The Bertz CT molecular complexity index is 645. The highest BCUT2D eigenvalue weighted by Crippen LogP contribution is 2.26. The van der Waals surface area contributed by atoms with Gasteiger partial charge in [-0.1, -0.05) is 19.1 Å². The summed E-state index contributed by atoms with van der Waals surface area (Å²) in [5.41, 5.74) is 1.86. The van der Waals surface area contributed by atoms with E-state index in [1.807, 2.05) is 24.3 Å². The van der Waals surface area contributed by atoms with E-state index in [0.717, 1.165) is 24.6 Å². The summed E-state index contributed by atoms with van der Waals surface area (Å²) in [6.45, 7) is 7.49. The van der Waals surface area contributed by atoms with Crippen LogP contribution in [0.25, 0.3) is 6.08 Å². The maximum atomic E-state index is 12.0. The first-order chi connectivity index (χ1) is 11.3. The number of piperidine rings is 1. The highest BCUT2D eigenvalue weighted by molar-refractivity contribution is 6.18. The van der Waals surface area contributed by atoms with Crippen molar-refractivity contribution in [3.63, 3.8) is 0 Å². The zero-order chi connectivity index (χ0) is 17.3. The Morgan fingerprint density at radius 2 is 1.58 bits per heavy atom. The molecule has 24 heavy (non-hydrogen) atoms. The second-order valence-electron chi connectivity index (χ2n) is 7.00. The van der Waals surface area contributed by atoms with Gasteiger partial charge < -0.3 is 14.4 Å². The zero-order valence-electron chi connectivity index (χ0n) is 14.4. The maximum Gasteiger partial charge on any atom is 0.348 e. The van der Waals surface area contributed by atoms with E-state index in [-0.39, 0.29) is 5.57 Å². The third kappa shape index (κ3) is 3.61. The number of rotatable bonds is 2. The van der Waals surface area contributed by atoms with E-state index in [1.165, 1.54) is 38.5 Å². The topological polar surface area (TPSA) is 55.8 Å². The SMILES string of the molecule is CC1CCN(c2ccc(C=C3C(=O)OC(C)(C)OC3=O)cc2)CC1. The lowest BCUT2D eigenvalue weighted by Crippen LogP contribution is -2.41. The molecule has 2 fully saturated rings. The van der Waals surface area contributed by atoms with E-state index in [4.69, 9.17) is 9.47 Å². The van der Waals surface area contributed by atoms with Gasteiger partial charge in [-0.3, -0.25) is 0 Å². The number of ether oxygens (including phenoxy) is 2. The Morgan fingerprint density at radius 1 is 1.04 bits per heavy atom. The van der Waals surface area contributed by atoms with Gasteiger partial charge in [-0.2, -0.15) is 0 Å². The average molecular weight is 329 g/mol. The Balaban J connectivity index is 1.74. The highest BCUT2D eigenvalue weighted by atomic mass is 16.7. The molecule has 0 amide bonds. The number of nitrogens with zero attached hydrogens (tertiary/aromatic N) is 1. The summed E-state index contributed by atoms with van der Waals surface area (Å²) in [5.74, 6) is -1.71. The van der Waals surface area contributed by atoms with Crippen LogP contribution in [0.5, 0.6) is 0 Å². The first-order valence-corrected chi connectivity index (χ1v) is 8.37. The number of carbonyl (C=O) groups excluding carboxylic acids is 2. The Kier molecular flexibility index (Phi) is 4.35. The fourth-order valence-corrected chi connectivity index (χ4v) is 2.99. The van der Waals surface area contributed by atoms with Crippen molar-refractivity contribution in [2.75, 3.05) is 18.0 Å². The van der Waals surface area contributed by atoms with Crippen molar-refractivity contribution in [1.29, 1.82) is 0 Å². The van der Waals surface area contributed by atoms with Crippen LogP contribution in [0.15, 0.2) is 29.8 Å². The zero-order valence-corrected chi connectivity index (χ0v) is 14.4. The summed E-state index contributed by atoms with van der Waals surface area (Å²) in [6, 6.07) is 7.85. The summed E-state index contributed by atoms with van der Waals surface area (Å²) in [7, 11) is 0. The van der Waals surface area contributed by atoms with Crippen LogP contribution in [0.4, 0.5) is 5.69 Å².